The van der Waals surface area contributed by atoms with Gasteiger partial charge in [0.25, 0.3) is 15.9 Å². The molecular weight excluding hydrogens is 322 g/mol. The molecule has 2 heterocycles. The molecule has 0 fully saturated rings. The van der Waals surface area contributed by atoms with Gasteiger partial charge in [0.05, 0.1) is 11.4 Å². The first-order valence-corrected chi connectivity index (χ1v) is 8.33. The minimum atomic E-state index is -3.84. The zero-order valence-corrected chi connectivity index (χ0v) is 13.5. The molecule has 9 heteroatoms. The highest BCUT2D eigenvalue weighted by molar-refractivity contribution is 7.92. The van der Waals surface area contributed by atoms with Gasteiger partial charge >= 0.3 is 0 Å². The molecule has 0 spiro atoms. The van der Waals surface area contributed by atoms with Crippen molar-refractivity contribution in [2.45, 2.75) is 31.8 Å². The number of amides is 1. The van der Waals surface area contributed by atoms with Crippen LogP contribution in [0.5, 0.6) is 5.75 Å². The maximum atomic E-state index is 12.5. The van der Waals surface area contributed by atoms with E-state index in [4.69, 9.17) is 9.26 Å². The Morgan fingerprint density at radius 1 is 1.30 bits per heavy atom. The summed E-state index contributed by atoms with van der Waals surface area (Å²) in [4.78, 5) is 11.6. The van der Waals surface area contributed by atoms with Crippen molar-refractivity contribution >= 4 is 27.3 Å². The van der Waals surface area contributed by atoms with Crippen LogP contribution in [0.15, 0.2) is 27.6 Å². The Balaban J connectivity index is 1.92. The summed E-state index contributed by atoms with van der Waals surface area (Å²) < 4.78 is 37.7. The minimum Gasteiger partial charge on any atom is -0.479 e. The molecule has 0 bridgehead atoms. The Morgan fingerprint density at radius 2 is 2.04 bits per heavy atom. The van der Waals surface area contributed by atoms with E-state index < -0.39 is 16.1 Å². The predicted molar refractivity (Wildman–Crippen MR) is 81.9 cm³/mol. The van der Waals surface area contributed by atoms with Gasteiger partial charge in [0.2, 0.25) is 0 Å². The molecule has 0 aliphatic carbocycles. The zero-order chi connectivity index (χ0) is 16.8. The summed E-state index contributed by atoms with van der Waals surface area (Å²) in [6.45, 7) is 4.70. The van der Waals surface area contributed by atoms with Gasteiger partial charge in [-0.25, -0.2) is 8.42 Å². The van der Waals surface area contributed by atoms with Crippen LogP contribution in [0, 0.1) is 13.8 Å². The maximum absolute atomic E-state index is 12.5. The number of benzene rings is 1. The number of carbonyl (C=O) groups is 1. The third-order valence-electron chi connectivity index (χ3n) is 3.40. The number of rotatable bonds is 3. The van der Waals surface area contributed by atoms with Crippen LogP contribution in [0.4, 0.5) is 11.4 Å². The van der Waals surface area contributed by atoms with Crippen molar-refractivity contribution in [1.82, 2.24) is 5.16 Å². The number of hydrogen-bond donors (Lipinski definition) is 2. The Bertz CT molecular complexity index is 868. The van der Waals surface area contributed by atoms with Gasteiger partial charge < -0.3 is 14.6 Å². The van der Waals surface area contributed by atoms with Gasteiger partial charge in [-0.2, -0.15) is 0 Å². The highest BCUT2D eigenvalue weighted by Crippen LogP contribution is 2.33. The Labute approximate surface area is 132 Å². The summed E-state index contributed by atoms with van der Waals surface area (Å²) in [7, 11) is -3.84. The number of aromatic nitrogens is 1. The van der Waals surface area contributed by atoms with Crippen molar-refractivity contribution < 1.29 is 22.5 Å². The molecule has 0 saturated carbocycles. The van der Waals surface area contributed by atoms with Crippen molar-refractivity contribution in [3.63, 3.8) is 0 Å². The normalized spacial score (nSPS) is 17.2. The van der Waals surface area contributed by atoms with E-state index in [1.165, 1.54) is 13.0 Å². The predicted octanol–water partition coefficient (Wildman–Crippen LogP) is 1.81. The van der Waals surface area contributed by atoms with E-state index in [0.717, 1.165) is 0 Å². The molecule has 0 unspecified atom stereocenters. The number of ether oxygens (including phenoxy) is 1. The van der Waals surface area contributed by atoms with Crippen LogP contribution in [0.25, 0.3) is 0 Å². The molecular formula is C14H15N3O5S. The van der Waals surface area contributed by atoms with E-state index >= 15 is 0 Å². The average molecular weight is 337 g/mol. The van der Waals surface area contributed by atoms with Crippen LogP contribution in [-0.2, 0) is 14.8 Å². The summed E-state index contributed by atoms with van der Waals surface area (Å²) in [5.41, 5.74) is 0.979. The SMILES string of the molecule is Cc1noc(C)c1S(=O)(=O)Nc1ccc2c(c1)NC(=O)[C@@H](C)O2. The monoisotopic (exact) mass is 337 g/mol. The van der Waals surface area contributed by atoms with Crippen molar-refractivity contribution in [3.8, 4) is 5.75 Å². The Morgan fingerprint density at radius 3 is 2.70 bits per heavy atom. The summed E-state index contributed by atoms with van der Waals surface area (Å²) in [6.07, 6.45) is -0.590. The molecule has 1 amide bonds. The molecule has 2 N–H and O–H groups in total. The molecule has 1 aromatic carbocycles. The number of aryl methyl sites for hydroxylation is 2. The summed E-state index contributed by atoms with van der Waals surface area (Å²) in [5.74, 6) is 0.402. The van der Waals surface area contributed by atoms with E-state index in [1.54, 1.807) is 26.0 Å². The van der Waals surface area contributed by atoms with Crippen LogP contribution >= 0.6 is 0 Å². The van der Waals surface area contributed by atoms with Crippen molar-refractivity contribution in [2.24, 2.45) is 0 Å². The first kappa shape index (κ1) is 15.3. The van der Waals surface area contributed by atoms with Crippen molar-refractivity contribution in [1.29, 1.82) is 0 Å². The van der Waals surface area contributed by atoms with Gasteiger partial charge in [-0.05, 0) is 39.0 Å². The highest BCUT2D eigenvalue weighted by atomic mass is 32.2. The second-order valence-electron chi connectivity index (χ2n) is 5.22. The number of anilines is 2. The average Bonchev–Trinajstić information content (AvgIpc) is 2.80. The maximum Gasteiger partial charge on any atom is 0.267 e. The summed E-state index contributed by atoms with van der Waals surface area (Å²) in [6, 6.07) is 4.64. The molecule has 1 atom stereocenters. The third-order valence-corrected chi connectivity index (χ3v) is 5.02. The lowest BCUT2D eigenvalue weighted by molar-refractivity contribution is -0.122. The molecule has 0 radical (unpaired) electrons. The van der Waals surface area contributed by atoms with E-state index in [9.17, 15) is 13.2 Å². The third kappa shape index (κ3) is 2.74. The Kier molecular flexibility index (Phi) is 3.52. The van der Waals surface area contributed by atoms with Crippen LogP contribution in [0.2, 0.25) is 0 Å². The minimum absolute atomic E-state index is 0.00382. The second-order valence-corrected chi connectivity index (χ2v) is 6.84. The topological polar surface area (TPSA) is 111 Å². The van der Waals surface area contributed by atoms with E-state index in [1.807, 2.05) is 0 Å². The van der Waals surface area contributed by atoms with Crippen LogP contribution < -0.4 is 14.8 Å². The first-order chi connectivity index (χ1) is 10.8. The molecule has 23 heavy (non-hydrogen) atoms. The quantitative estimate of drug-likeness (QED) is 0.884. The van der Waals surface area contributed by atoms with Gasteiger partial charge in [-0.15, -0.1) is 0 Å². The summed E-state index contributed by atoms with van der Waals surface area (Å²) in [5, 5.41) is 6.31. The molecule has 2 aromatic rings. The fourth-order valence-electron chi connectivity index (χ4n) is 2.34. The number of fused-ring (bicyclic) bond motifs is 1. The number of nitrogens with one attached hydrogen (secondary N) is 2. The molecule has 1 aromatic heterocycles. The standard InChI is InChI=1S/C14H15N3O5S/c1-7-13(8(2)22-16-7)23(19,20)17-10-4-5-12-11(6-10)15-14(18)9(3)21-12/h4-6,9,17H,1-3H3,(H,15,18)/t9-/m1/s1. The zero-order valence-electron chi connectivity index (χ0n) is 12.7. The fourth-order valence-corrected chi connectivity index (χ4v) is 3.72. The first-order valence-electron chi connectivity index (χ1n) is 6.85. The number of carbonyl (C=O) groups excluding carboxylic acids is 1. The lowest BCUT2D eigenvalue weighted by Crippen LogP contribution is -2.34. The molecule has 3 rings (SSSR count). The van der Waals surface area contributed by atoms with E-state index in [0.29, 0.717) is 17.1 Å². The van der Waals surface area contributed by atoms with Crippen LogP contribution in [0.3, 0.4) is 0 Å². The van der Waals surface area contributed by atoms with Gasteiger partial charge in [-0.1, -0.05) is 5.16 Å². The smallest absolute Gasteiger partial charge is 0.267 e. The lowest BCUT2D eigenvalue weighted by atomic mass is 10.2. The lowest BCUT2D eigenvalue weighted by Gasteiger charge is -2.23. The number of nitrogens with zero attached hydrogens (tertiary/aromatic N) is 1. The second kappa shape index (κ2) is 5.27. The molecule has 1 aliphatic rings. The van der Waals surface area contributed by atoms with Gasteiger partial charge in [0, 0.05) is 0 Å². The van der Waals surface area contributed by atoms with Crippen LogP contribution in [-0.4, -0.2) is 25.6 Å². The van der Waals surface area contributed by atoms with Crippen LogP contribution in [0.1, 0.15) is 18.4 Å². The molecule has 122 valence electrons. The van der Waals surface area contributed by atoms with Gasteiger partial charge in [0.15, 0.2) is 16.8 Å². The van der Waals surface area contributed by atoms with Gasteiger partial charge in [-0.3, -0.25) is 9.52 Å². The molecule has 8 nitrogen and oxygen atoms in total. The summed E-state index contributed by atoms with van der Waals surface area (Å²) >= 11 is 0. The number of hydrogen-bond acceptors (Lipinski definition) is 6. The van der Waals surface area contributed by atoms with E-state index in [2.05, 4.69) is 15.2 Å². The van der Waals surface area contributed by atoms with E-state index in [-0.39, 0.29) is 22.3 Å². The Hall–Kier alpha value is -2.55. The van der Waals surface area contributed by atoms with Gasteiger partial charge in [0.1, 0.15) is 11.4 Å². The largest absolute Gasteiger partial charge is 0.479 e. The highest BCUT2D eigenvalue weighted by Gasteiger charge is 2.26. The number of sulfonamides is 1. The fraction of sp³-hybridized carbons (Fsp3) is 0.286. The van der Waals surface area contributed by atoms with Crippen molar-refractivity contribution in [3.05, 3.63) is 29.7 Å². The van der Waals surface area contributed by atoms with Crippen molar-refractivity contribution in [2.75, 3.05) is 10.0 Å². The molecule has 0 saturated heterocycles. The molecule has 1 aliphatic heterocycles.